The van der Waals surface area contributed by atoms with Crippen LogP contribution in [0.15, 0.2) is 35.1 Å². The van der Waals surface area contributed by atoms with Crippen molar-refractivity contribution in [1.29, 1.82) is 0 Å². The lowest BCUT2D eigenvalue weighted by Gasteiger charge is -2.27. The summed E-state index contributed by atoms with van der Waals surface area (Å²) >= 11 is 0. The van der Waals surface area contributed by atoms with Crippen molar-refractivity contribution in [3.63, 3.8) is 0 Å². The minimum absolute atomic E-state index is 0.205. The number of H-pyrrole nitrogens is 1. The minimum Gasteiger partial charge on any atom is -0.493 e. The Bertz CT molecular complexity index is 664. The summed E-state index contributed by atoms with van der Waals surface area (Å²) in [5.74, 6) is 0.196. The zero-order valence-electron chi connectivity index (χ0n) is 11.6. The number of aromatic hydroxyl groups is 1. The van der Waals surface area contributed by atoms with E-state index >= 15 is 0 Å². The standard InChI is InChI=1S/C15H17N3O3/c19-13-12(10-11-4-2-1-3-5-11)14(20)17-15(16-13)18-6-8-21-9-7-18/h1-5H,6-10H2,(H2,16,17,19,20). The molecule has 1 aromatic heterocycles. The third kappa shape index (κ3) is 3.05. The van der Waals surface area contributed by atoms with E-state index in [1.165, 1.54) is 0 Å². The topological polar surface area (TPSA) is 78.5 Å². The van der Waals surface area contributed by atoms with Crippen LogP contribution in [0.1, 0.15) is 11.1 Å². The fourth-order valence-corrected chi connectivity index (χ4v) is 2.36. The molecule has 0 spiro atoms. The van der Waals surface area contributed by atoms with E-state index in [0.717, 1.165) is 5.56 Å². The number of nitrogens with zero attached hydrogens (tertiary/aromatic N) is 2. The molecule has 0 bridgehead atoms. The molecule has 6 nitrogen and oxygen atoms in total. The lowest BCUT2D eigenvalue weighted by Crippen LogP contribution is -2.38. The quantitative estimate of drug-likeness (QED) is 0.877. The van der Waals surface area contributed by atoms with Crippen molar-refractivity contribution < 1.29 is 9.84 Å². The van der Waals surface area contributed by atoms with E-state index in [2.05, 4.69) is 9.97 Å². The van der Waals surface area contributed by atoms with Crippen molar-refractivity contribution in [2.75, 3.05) is 31.2 Å². The van der Waals surface area contributed by atoms with Crippen molar-refractivity contribution in [2.24, 2.45) is 0 Å². The van der Waals surface area contributed by atoms with Gasteiger partial charge >= 0.3 is 0 Å². The molecule has 0 atom stereocenters. The number of hydrogen-bond donors (Lipinski definition) is 2. The van der Waals surface area contributed by atoms with Crippen molar-refractivity contribution >= 4 is 5.95 Å². The van der Waals surface area contributed by atoms with E-state index in [0.29, 0.717) is 44.2 Å². The van der Waals surface area contributed by atoms with Crippen LogP contribution in [0.2, 0.25) is 0 Å². The van der Waals surface area contributed by atoms with Gasteiger partial charge in [-0.05, 0) is 5.56 Å². The van der Waals surface area contributed by atoms with E-state index < -0.39 is 0 Å². The molecule has 1 fully saturated rings. The summed E-state index contributed by atoms with van der Waals surface area (Å²) in [4.78, 5) is 21.0. The predicted octanol–water partition coefficient (Wildman–Crippen LogP) is 0.903. The van der Waals surface area contributed by atoms with Gasteiger partial charge in [0.2, 0.25) is 11.8 Å². The summed E-state index contributed by atoms with van der Waals surface area (Å²) in [6.07, 6.45) is 0.360. The fourth-order valence-electron chi connectivity index (χ4n) is 2.36. The minimum atomic E-state index is -0.298. The molecule has 110 valence electrons. The maximum atomic E-state index is 12.2. The Morgan fingerprint density at radius 3 is 2.62 bits per heavy atom. The van der Waals surface area contributed by atoms with Crippen LogP contribution in [0.25, 0.3) is 0 Å². The summed E-state index contributed by atoms with van der Waals surface area (Å²) < 4.78 is 5.26. The number of hydrogen-bond acceptors (Lipinski definition) is 5. The van der Waals surface area contributed by atoms with Gasteiger partial charge in [-0.25, -0.2) is 0 Å². The first-order valence-electron chi connectivity index (χ1n) is 6.93. The van der Waals surface area contributed by atoms with Gasteiger partial charge in [-0.1, -0.05) is 30.3 Å². The van der Waals surface area contributed by atoms with Crippen molar-refractivity contribution in [3.8, 4) is 5.88 Å². The van der Waals surface area contributed by atoms with Gasteiger partial charge in [-0.2, -0.15) is 4.98 Å². The zero-order chi connectivity index (χ0) is 14.7. The number of benzene rings is 1. The molecule has 21 heavy (non-hydrogen) atoms. The molecule has 3 rings (SSSR count). The molecule has 1 aliphatic heterocycles. The number of rotatable bonds is 3. The van der Waals surface area contributed by atoms with E-state index in [9.17, 15) is 9.90 Å². The molecule has 6 heteroatoms. The first-order chi connectivity index (χ1) is 10.2. The second-order valence-corrected chi connectivity index (χ2v) is 4.95. The van der Waals surface area contributed by atoms with Crippen molar-refractivity contribution in [1.82, 2.24) is 9.97 Å². The van der Waals surface area contributed by atoms with Crippen LogP contribution >= 0.6 is 0 Å². The lowest BCUT2D eigenvalue weighted by molar-refractivity contribution is 0.122. The van der Waals surface area contributed by atoms with Crippen LogP contribution in [-0.4, -0.2) is 41.4 Å². The van der Waals surface area contributed by atoms with Crippen LogP contribution in [0.4, 0.5) is 5.95 Å². The first-order valence-corrected chi connectivity index (χ1v) is 6.93. The maximum Gasteiger partial charge on any atom is 0.259 e. The van der Waals surface area contributed by atoms with Gasteiger partial charge in [0.25, 0.3) is 5.56 Å². The van der Waals surface area contributed by atoms with E-state index in [1.807, 2.05) is 35.2 Å². The molecule has 2 heterocycles. The predicted molar refractivity (Wildman–Crippen MR) is 78.8 cm³/mol. The number of aromatic nitrogens is 2. The van der Waals surface area contributed by atoms with Crippen LogP contribution in [0, 0.1) is 0 Å². The van der Waals surface area contributed by atoms with Gasteiger partial charge in [-0.15, -0.1) is 0 Å². The molecule has 1 aromatic carbocycles. The van der Waals surface area contributed by atoms with Gasteiger partial charge in [0, 0.05) is 19.5 Å². The highest BCUT2D eigenvalue weighted by Crippen LogP contribution is 2.17. The Hall–Kier alpha value is -2.34. The molecule has 0 amide bonds. The number of nitrogens with one attached hydrogen (secondary N) is 1. The summed E-state index contributed by atoms with van der Waals surface area (Å²) in [5, 5.41) is 10.1. The highest BCUT2D eigenvalue weighted by molar-refractivity contribution is 5.38. The average Bonchev–Trinajstić information content (AvgIpc) is 2.52. The molecule has 1 aliphatic rings. The zero-order valence-corrected chi connectivity index (χ0v) is 11.6. The van der Waals surface area contributed by atoms with Crippen LogP contribution < -0.4 is 10.5 Å². The molecule has 0 aliphatic carbocycles. The third-order valence-corrected chi connectivity index (χ3v) is 3.52. The van der Waals surface area contributed by atoms with Crippen LogP contribution in [0.3, 0.4) is 0 Å². The Morgan fingerprint density at radius 1 is 1.24 bits per heavy atom. The third-order valence-electron chi connectivity index (χ3n) is 3.52. The second kappa shape index (κ2) is 5.97. The number of aromatic amines is 1. The number of morpholine rings is 1. The van der Waals surface area contributed by atoms with Crippen molar-refractivity contribution in [2.45, 2.75) is 6.42 Å². The Labute approximate surface area is 122 Å². The Balaban J connectivity index is 1.87. The molecular weight excluding hydrogens is 270 g/mol. The van der Waals surface area contributed by atoms with Gasteiger partial charge in [-0.3, -0.25) is 9.78 Å². The van der Waals surface area contributed by atoms with Gasteiger partial charge in [0.1, 0.15) is 0 Å². The highest BCUT2D eigenvalue weighted by Gasteiger charge is 2.17. The van der Waals surface area contributed by atoms with Gasteiger partial charge in [0.05, 0.1) is 18.8 Å². The highest BCUT2D eigenvalue weighted by atomic mass is 16.5. The summed E-state index contributed by atoms with van der Waals surface area (Å²) in [6.45, 7) is 2.49. The Kier molecular flexibility index (Phi) is 3.87. The van der Waals surface area contributed by atoms with Gasteiger partial charge in [0.15, 0.2) is 0 Å². The number of anilines is 1. The molecule has 2 aromatic rings. The molecule has 0 unspecified atom stereocenters. The van der Waals surface area contributed by atoms with Crippen LogP contribution in [0.5, 0.6) is 5.88 Å². The van der Waals surface area contributed by atoms with Crippen molar-refractivity contribution in [3.05, 3.63) is 51.8 Å². The van der Waals surface area contributed by atoms with E-state index in [4.69, 9.17) is 4.74 Å². The Morgan fingerprint density at radius 2 is 1.95 bits per heavy atom. The largest absolute Gasteiger partial charge is 0.493 e. The smallest absolute Gasteiger partial charge is 0.259 e. The van der Waals surface area contributed by atoms with E-state index in [-0.39, 0.29) is 11.4 Å². The van der Waals surface area contributed by atoms with Crippen LogP contribution in [-0.2, 0) is 11.2 Å². The maximum absolute atomic E-state index is 12.2. The second-order valence-electron chi connectivity index (χ2n) is 4.95. The summed E-state index contributed by atoms with van der Waals surface area (Å²) in [6, 6.07) is 9.53. The van der Waals surface area contributed by atoms with Gasteiger partial charge < -0.3 is 14.7 Å². The number of ether oxygens (including phenoxy) is 1. The normalized spacial score (nSPS) is 15.1. The molecule has 0 radical (unpaired) electrons. The summed E-state index contributed by atoms with van der Waals surface area (Å²) in [7, 11) is 0. The molecule has 0 saturated carbocycles. The van der Waals surface area contributed by atoms with E-state index in [1.54, 1.807) is 0 Å². The lowest BCUT2D eigenvalue weighted by atomic mass is 10.1. The molecular formula is C15H17N3O3. The first kappa shape index (κ1) is 13.6. The molecule has 1 saturated heterocycles. The SMILES string of the molecule is O=c1[nH]c(N2CCOCC2)nc(O)c1Cc1ccccc1. The monoisotopic (exact) mass is 287 g/mol. The molecule has 2 N–H and O–H groups in total. The summed E-state index contributed by atoms with van der Waals surface area (Å²) in [5.41, 5.74) is 0.949. The average molecular weight is 287 g/mol. The fraction of sp³-hybridized carbons (Fsp3) is 0.333.